The van der Waals surface area contributed by atoms with Gasteiger partial charge in [0.25, 0.3) is 11.5 Å². The number of methoxy groups -OCH3 is 2. The fraction of sp³-hybridized carbons (Fsp3) is 0.476. The van der Waals surface area contributed by atoms with Gasteiger partial charge in [0.05, 0.1) is 26.9 Å². The van der Waals surface area contributed by atoms with Crippen molar-refractivity contribution >= 4 is 5.91 Å². The van der Waals surface area contributed by atoms with Crippen molar-refractivity contribution in [3.63, 3.8) is 0 Å². The molecule has 0 aliphatic rings. The van der Waals surface area contributed by atoms with Gasteiger partial charge >= 0.3 is 0 Å². The summed E-state index contributed by atoms with van der Waals surface area (Å²) in [5, 5.41) is 6.89. The summed E-state index contributed by atoms with van der Waals surface area (Å²) >= 11 is 0. The van der Waals surface area contributed by atoms with Crippen LogP contribution < -0.4 is 20.3 Å². The maximum absolute atomic E-state index is 12.4. The van der Waals surface area contributed by atoms with Crippen LogP contribution in [0.4, 0.5) is 0 Å². The molecule has 0 radical (unpaired) electrons. The third kappa shape index (κ3) is 6.90. The van der Waals surface area contributed by atoms with E-state index in [0.29, 0.717) is 37.2 Å². The van der Waals surface area contributed by atoms with E-state index < -0.39 is 0 Å². The molecule has 1 amide bonds. The van der Waals surface area contributed by atoms with Gasteiger partial charge in [-0.15, -0.1) is 0 Å². The molecular weight excluding hydrogens is 374 g/mol. The first-order valence-corrected chi connectivity index (χ1v) is 9.59. The van der Waals surface area contributed by atoms with Gasteiger partial charge in [0.2, 0.25) is 0 Å². The van der Waals surface area contributed by atoms with Gasteiger partial charge in [-0.05, 0) is 36.1 Å². The monoisotopic (exact) mass is 403 g/mol. The molecule has 0 spiro atoms. The van der Waals surface area contributed by atoms with E-state index in [1.54, 1.807) is 7.11 Å². The Kier molecular flexibility index (Phi) is 8.67. The molecule has 1 aromatic carbocycles. The zero-order chi connectivity index (χ0) is 21.2. The Bertz CT molecular complexity index is 864. The van der Waals surface area contributed by atoms with Gasteiger partial charge in [-0.3, -0.25) is 9.59 Å². The molecule has 0 saturated heterocycles. The molecule has 8 nitrogen and oxygen atoms in total. The fourth-order valence-corrected chi connectivity index (χ4v) is 2.53. The normalized spacial score (nSPS) is 10.8. The molecule has 0 bridgehead atoms. The number of ether oxygens (including phenoxy) is 3. The lowest BCUT2D eigenvalue weighted by atomic mass is 10.1. The van der Waals surface area contributed by atoms with E-state index in [1.165, 1.54) is 23.9 Å². The minimum absolute atomic E-state index is 0.168. The maximum atomic E-state index is 12.4. The Morgan fingerprint density at radius 3 is 2.62 bits per heavy atom. The molecule has 0 unspecified atom stereocenters. The number of carbonyl (C=O) groups is 1. The Hall–Kier alpha value is -2.87. The molecule has 158 valence electrons. The summed E-state index contributed by atoms with van der Waals surface area (Å²) in [6, 6.07) is 8.28. The number of benzene rings is 1. The Balaban J connectivity index is 2.00. The Morgan fingerprint density at radius 1 is 1.14 bits per heavy atom. The van der Waals surface area contributed by atoms with Crippen LogP contribution in [0.3, 0.4) is 0 Å². The van der Waals surface area contributed by atoms with Crippen LogP contribution in [0.25, 0.3) is 0 Å². The predicted octanol–water partition coefficient (Wildman–Crippen LogP) is 2.25. The summed E-state index contributed by atoms with van der Waals surface area (Å²) in [6.45, 7) is 5.82. The van der Waals surface area contributed by atoms with Crippen LogP contribution in [0.2, 0.25) is 0 Å². The van der Waals surface area contributed by atoms with Crippen LogP contribution in [0.5, 0.6) is 11.5 Å². The van der Waals surface area contributed by atoms with E-state index >= 15 is 0 Å². The van der Waals surface area contributed by atoms with Crippen molar-refractivity contribution < 1.29 is 19.0 Å². The quantitative estimate of drug-likeness (QED) is 0.619. The second-order valence-electron chi connectivity index (χ2n) is 6.97. The standard InChI is InChI=1S/C21H29N3O5/c1-15(2)9-11-29-18-7-5-16(13-19(18)28-4)14-22-21(26)17-6-8-20(25)24(23-17)10-12-27-3/h5-8,13,15H,9-12,14H2,1-4H3,(H,22,26). The van der Waals surface area contributed by atoms with E-state index in [9.17, 15) is 9.59 Å². The van der Waals surface area contributed by atoms with Gasteiger partial charge < -0.3 is 19.5 Å². The van der Waals surface area contributed by atoms with Gasteiger partial charge in [-0.2, -0.15) is 5.10 Å². The first-order valence-electron chi connectivity index (χ1n) is 9.59. The largest absolute Gasteiger partial charge is 0.493 e. The molecule has 0 saturated carbocycles. The summed E-state index contributed by atoms with van der Waals surface area (Å²) in [4.78, 5) is 24.2. The van der Waals surface area contributed by atoms with Crippen molar-refractivity contribution in [2.24, 2.45) is 5.92 Å². The first-order chi connectivity index (χ1) is 13.9. The number of hydrogen-bond acceptors (Lipinski definition) is 6. The molecule has 2 rings (SSSR count). The Labute approximate surface area is 170 Å². The molecule has 0 aliphatic heterocycles. The summed E-state index contributed by atoms with van der Waals surface area (Å²) in [5.41, 5.74) is 0.747. The number of nitrogens with zero attached hydrogens (tertiary/aromatic N) is 2. The molecule has 1 heterocycles. The van der Waals surface area contributed by atoms with Crippen LogP contribution in [0.1, 0.15) is 36.3 Å². The van der Waals surface area contributed by atoms with Crippen LogP contribution in [-0.4, -0.2) is 43.1 Å². The molecule has 2 aromatic rings. The topological polar surface area (TPSA) is 91.7 Å². The van der Waals surface area contributed by atoms with Crippen molar-refractivity contribution in [3.05, 3.63) is 51.9 Å². The van der Waals surface area contributed by atoms with E-state index in [2.05, 4.69) is 24.3 Å². The lowest BCUT2D eigenvalue weighted by Crippen LogP contribution is -2.30. The maximum Gasteiger partial charge on any atom is 0.271 e. The van der Waals surface area contributed by atoms with Crippen molar-refractivity contribution in [1.29, 1.82) is 0 Å². The number of nitrogens with one attached hydrogen (secondary N) is 1. The van der Waals surface area contributed by atoms with Gasteiger partial charge in [-0.1, -0.05) is 19.9 Å². The number of amides is 1. The highest BCUT2D eigenvalue weighted by Crippen LogP contribution is 2.28. The number of hydrogen-bond donors (Lipinski definition) is 1. The Morgan fingerprint density at radius 2 is 1.93 bits per heavy atom. The molecule has 8 heteroatoms. The highest BCUT2D eigenvalue weighted by Gasteiger charge is 2.11. The highest BCUT2D eigenvalue weighted by molar-refractivity contribution is 5.91. The minimum atomic E-state index is -0.368. The number of carbonyl (C=O) groups excluding carboxylic acids is 1. The van der Waals surface area contributed by atoms with Crippen molar-refractivity contribution in [2.75, 3.05) is 27.4 Å². The van der Waals surface area contributed by atoms with E-state index in [-0.39, 0.29) is 23.7 Å². The van der Waals surface area contributed by atoms with E-state index in [1.807, 2.05) is 18.2 Å². The molecule has 29 heavy (non-hydrogen) atoms. The van der Waals surface area contributed by atoms with Gasteiger partial charge in [0, 0.05) is 19.7 Å². The zero-order valence-corrected chi connectivity index (χ0v) is 17.4. The molecular formula is C21H29N3O5. The average molecular weight is 403 g/mol. The van der Waals surface area contributed by atoms with Gasteiger partial charge in [0.15, 0.2) is 11.5 Å². The van der Waals surface area contributed by atoms with E-state index in [0.717, 1.165) is 12.0 Å². The number of aromatic nitrogens is 2. The van der Waals surface area contributed by atoms with Crippen LogP contribution in [-0.2, 0) is 17.8 Å². The molecule has 1 aromatic heterocycles. The smallest absolute Gasteiger partial charge is 0.271 e. The molecule has 0 aliphatic carbocycles. The SMILES string of the molecule is COCCn1nc(C(=O)NCc2ccc(OCCC(C)C)c(OC)c2)ccc1=O. The lowest BCUT2D eigenvalue weighted by molar-refractivity contribution is 0.0942. The second kappa shape index (κ2) is 11.2. The summed E-state index contributed by atoms with van der Waals surface area (Å²) in [5.74, 6) is 1.49. The van der Waals surface area contributed by atoms with Crippen molar-refractivity contribution in [2.45, 2.75) is 33.4 Å². The van der Waals surface area contributed by atoms with E-state index in [4.69, 9.17) is 14.2 Å². The third-order valence-corrected chi connectivity index (χ3v) is 4.24. The molecule has 1 N–H and O–H groups in total. The minimum Gasteiger partial charge on any atom is -0.493 e. The first kappa shape index (κ1) is 22.4. The summed E-state index contributed by atoms with van der Waals surface area (Å²) < 4.78 is 17.3. The van der Waals surface area contributed by atoms with Gasteiger partial charge in [0.1, 0.15) is 5.69 Å². The lowest BCUT2D eigenvalue weighted by Gasteiger charge is -2.13. The predicted molar refractivity (Wildman–Crippen MR) is 109 cm³/mol. The average Bonchev–Trinajstić information content (AvgIpc) is 2.71. The van der Waals surface area contributed by atoms with Gasteiger partial charge in [-0.25, -0.2) is 4.68 Å². The molecule has 0 atom stereocenters. The molecule has 0 fully saturated rings. The summed E-state index contributed by atoms with van der Waals surface area (Å²) in [6.07, 6.45) is 0.959. The fourth-order valence-electron chi connectivity index (χ4n) is 2.53. The van der Waals surface area contributed by atoms with Crippen molar-refractivity contribution in [3.8, 4) is 11.5 Å². The second-order valence-corrected chi connectivity index (χ2v) is 6.97. The van der Waals surface area contributed by atoms with Crippen LogP contribution in [0, 0.1) is 5.92 Å². The van der Waals surface area contributed by atoms with Crippen LogP contribution >= 0.6 is 0 Å². The summed E-state index contributed by atoms with van der Waals surface area (Å²) in [7, 11) is 3.12. The van der Waals surface area contributed by atoms with Crippen LogP contribution in [0.15, 0.2) is 35.1 Å². The highest BCUT2D eigenvalue weighted by atomic mass is 16.5. The number of rotatable bonds is 11. The van der Waals surface area contributed by atoms with Crippen molar-refractivity contribution in [1.82, 2.24) is 15.1 Å². The third-order valence-electron chi connectivity index (χ3n) is 4.24. The zero-order valence-electron chi connectivity index (χ0n) is 17.4.